The Balaban J connectivity index is 1.39. The lowest BCUT2D eigenvalue weighted by Gasteiger charge is -2.11. The van der Waals surface area contributed by atoms with Crippen molar-refractivity contribution in [2.75, 3.05) is 5.43 Å². The van der Waals surface area contributed by atoms with Gasteiger partial charge in [0, 0.05) is 23.9 Å². The summed E-state index contributed by atoms with van der Waals surface area (Å²) in [5.41, 5.74) is 5.01. The Bertz CT molecular complexity index is 1630. The molecule has 33 heavy (non-hydrogen) atoms. The molecule has 8 nitrogen and oxygen atoms in total. The zero-order chi connectivity index (χ0) is 23.1. The molecule has 1 amide bonds. The molecule has 1 N–H and O–H groups in total. The Morgan fingerprint density at radius 2 is 1.82 bits per heavy atom. The minimum Gasteiger partial charge on any atom is -0.298 e. The average Bonchev–Trinajstić information content (AvgIpc) is 3.44. The first-order valence-electron chi connectivity index (χ1n) is 10.2. The van der Waals surface area contributed by atoms with Crippen LogP contribution in [0.15, 0.2) is 57.0 Å². The van der Waals surface area contributed by atoms with Crippen LogP contribution in [0.5, 0.6) is 0 Å². The SMILES string of the molecule is Cc1ccc(-c2csc3ncn(CCC(=O)Nn4c(C)nc5sccc5c4=O)c(=O)c23)cc1. The number of hydrogen-bond donors (Lipinski definition) is 1. The molecule has 166 valence electrons. The number of nitrogens with zero attached hydrogens (tertiary/aromatic N) is 4. The van der Waals surface area contributed by atoms with Gasteiger partial charge in [-0.15, -0.1) is 22.7 Å². The second kappa shape index (κ2) is 8.38. The van der Waals surface area contributed by atoms with Crippen LogP contribution >= 0.6 is 22.7 Å². The first-order chi connectivity index (χ1) is 15.9. The molecular formula is C23H19N5O3S2. The van der Waals surface area contributed by atoms with E-state index in [9.17, 15) is 14.4 Å². The average molecular weight is 478 g/mol. The number of aromatic nitrogens is 4. The van der Waals surface area contributed by atoms with Gasteiger partial charge in [0.05, 0.1) is 17.1 Å². The summed E-state index contributed by atoms with van der Waals surface area (Å²) in [5, 5.41) is 4.72. The fourth-order valence-electron chi connectivity index (χ4n) is 3.62. The molecule has 0 bridgehead atoms. The molecule has 4 heterocycles. The highest BCUT2D eigenvalue weighted by atomic mass is 32.1. The van der Waals surface area contributed by atoms with Gasteiger partial charge in [0.15, 0.2) is 0 Å². The highest BCUT2D eigenvalue weighted by Gasteiger charge is 2.15. The van der Waals surface area contributed by atoms with Crippen molar-refractivity contribution in [1.29, 1.82) is 0 Å². The summed E-state index contributed by atoms with van der Waals surface area (Å²) >= 11 is 2.79. The molecule has 10 heteroatoms. The molecule has 0 atom stereocenters. The predicted molar refractivity (Wildman–Crippen MR) is 132 cm³/mol. The molecular weight excluding hydrogens is 458 g/mol. The summed E-state index contributed by atoms with van der Waals surface area (Å²) in [7, 11) is 0. The fourth-order valence-corrected chi connectivity index (χ4v) is 5.33. The van der Waals surface area contributed by atoms with E-state index in [4.69, 9.17) is 0 Å². The van der Waals surface area contributed by atoms with Crippen molar-refractivity contribution < 1.29 is 4.79 Å². The lowest BCUT2D eigenvalue weighted by Crippen LogP contribution is -2.36. The first-order valence-corrected chi connectivity index (χ1v) is 12.0. The molecule has 0 unspecified atom stereocenters. The lowest BCUT2D eigenvalue weighted by molar-refractivity contribution is -0.117. The molecule has 5 aromatic rings. The second-order valence-electron chi connectivity index (χ2n) is 7.66. The third-order valence-corrected chi connectivity index (χ3v) is 7.10. The van der Waals surface area contributed by atoms with Crippen LogP contribution in [0.2, 0.25) is 0 Å². The van der Waals surface area contributed by atoms with Crippen molar-refractivity contribution in [2.24, 2.45) is 0 Å². The zero-order valence-electron chi connectivity index (χ0n) is 17.9. The van der Waals surface area contributed by atoms with Crippen LogP contribution in [0.25, 0.3) is 31.6 Å². The Morgan fingerprint density at radius 1 is 1.03 bits per heavy atom. The Morgan fingerprint density at radius 3 is 2.61 bits per heavy atom. The number of hydrogen-bond acceptors (Lipinski definition) is 7. The molecule has 4 aromatic heterocycles. The van der Waals surface area contributed by atoms with E-state index in [1.807, 2.05) is 36.6 Å². The Kier molecular flexibility index (Phi) is 5.39. The van der Waals surface area contributed by atoms with E-state index in [1.54, 1.807) is 18.4 Å². The summed E-state index contributed by atoms with van der Waals surface area (Å²) in [6.07, 6.45) is 1.47. The summed E-state index contributed by atoms with van der Waals surface area (Å²) < 4.78 is 2.58. The van der Waals surface area contributed by atoms with Crippen LogP contribution in [0.3, 0.4) is 0 Å². The van der Waals surface area contributed by atoms with Gasteiger partial charge in [-0.2, -0.15) is 0 Å². The minimum absolute atomic E-state index is 0.00461. The molecule has 0 fully saturated rings. The first kappa shape index (κ1) is 21.2. The number of rotatable bonds is 5. The molecule has 0 aliphatic rings. The van der Waals surface area contributed by atoms with Gasteiger partial charge in [0.2, 0.25) is 5.91 Å². The van der Waals surface area contributed by atoms with E-state index in [2.05, 4.69) is 15.4 Å². The number of carbonyl (C=O) groups is 1. The van der Waals surface area contributed by atoms with E-state index in [-0.39, 0.29) is 24.1 Å². The summed E-state index contributed by atoms with van der Waals surface area (Å²) in [6.45, 7) is 3.81. The van der Waals surface area contributed by atoms with E-state index in [0.717, 1.165) is 21.4 Å². The normalized spacial score (nSPS) is 11.3. The smallest absolute Gasteiger partial charge is 0.281 e. The van der Waals surface area contributed by atoms with Crippen LogP contribution in [0, 0.1) is 13.8 Å². The predicted octanol–water partition coefficient (Wildman–Crippen LogP) is 3.67. The van der Waals surface area contributed by atoms with Gasteiger partial charge in [0.1, 0.15) is 15.5 Å². The molecule has 0 saturated carbocycles. The summed E-state index contributed by atoms with van der Waals surface area (Å²) in [6, 6.07) is 9.66. The standard InChI is InChI=1S/C23H19N5O3S2/c1-13-3-5-15(6-4-13)17-11-33-21-19(17)23(31)27(12-24-21)9-7-18(29)26-28-14(2)25-20-16(22(28)30)8-10-32-20/h3-6,8,10-12H,7,9H2,1-2H3,(H,26,29). The van der Waals surface area contributed by atoms with Crippen molar-refractivity contribution >= 4 is 49.0 Å². The van der Waals surface area contributed by atoms with Crippen molar-refractivity contribution in [2.45, 2.75) is 26.8 Å². The minimum atomic E-state index is -0.396. The van der Waals surface area contributed by atoms with Gasteiger partial charge in [-0.3, -0.25) is 24.4 Å². The van der Waals surface area contributed by atoms with E-state index in [1.165, 1.54) is 33.6 Å². The molecule has 0 spiro atoms. The highest BCUT2D eigenvalue weighted by molar-refractivity contribution is 7.17. The number of aryl methyl sites for hydroxylation is 3. The molecule has 0 saturated heterocycles. The van der Waals surface area contributed by atoms with Crippen molar-refractivity contribution in [3.63, 3.8) is 0 Å². The maximum Gasteiger partial charge on any atom is 0.281 e. The van der Waals surface area contributed by atoms with Gasteiger partial charge in [0.25, 0.3) is 11.1 Å². The number of nitrogens with one attached hydrogen (secondary N) is 1. The van der Waals surface area contributed by atoms with E-state index in [0.29, 0.717) is 26.3 Å². The maximum absolute atomic E-state index is 13.2. The van der Waals surface area contributed by atoms with Gasteiger partial charge in [-0.1, -0.05) is 29.8 Å². The zero-order valence-corrected chi connectivity index (χ0v) is 19.5. The molecule has 0 aliphatic carbocycles. The topological polar surface area (TPSA) is 98.9 Å². The number of fused-ring (bicyclic) bond motifs is 2. The van der Waals surface area contributed by atoms with Crippen molar-refractivity contribution in [1.82, 2.24) is 19.2 Å². The van der Waals surface area contributed by atoms with Crippen LogP contribution in [-0.2, 0) is 11.3 Å². The number of thiophene rings is 2. The quantitative estimate of drug-likeness (QED) is 0.416. The fraction of sp³-hybridized carbons (Fsp3) is 0.174. The van der Waals surface area contributed by atoms with Crippen molar-refractivity contribution in [3.05, 3.63) is 79.5 Å². The van der Waals surface area contributed by atoms with Gasteiger partial charge in [-0.25, -0.2) is 14.6 Å². The Labute approximate surface area is 195 Å². The lowest BCUT2D eigenvalue weighted by atomic mass is 10.1. The Hall–Kier alpha value is -3.63. The molecule has 0 radical (unpaired) electrons. The van der Waals surface area contributed by atoms with Crippen LogP contribution in [0.1, 0.15) is 17.8 Å². The van der Waals surface area contributed by atoms with E-state index < -0.39 is 5.91 Å². The third kappa shape index (κ3) is 3.87. The highest BCUT2D eigenvalue weighted by Crippen LogP contribution is 2.30. The van der Waals surface area contributed by atoms with Gasteiger partial charge >= 0.3 is 0 Å². The molecule has 0 aliphatic heterocycles. The number of amides is 1. The third-order valence-electron chi connectivity index (χ3n) is 5.40. The summed E-state index contributed by atoms with van der Waals surface area (Å²) in [5.74, 6) is -0.00257. The van der Waals surface area contributed by atoms with Crippen LogP contribution in [-0.4, -0.2) is 25.1 Å². The van der Waals surface area contributed by atoms with Gasteiger partial charge in [-0.05, 0) is 30.9 Å². The molecule has 5 rings (SSSR count). The largest absolute Gasteiger partial charge is 0.298 e. The number of carbonyl (C=O) groups excluding carboxylic acids is 1. The van der Waals surface area contributed by atoms with Crippen LogP contribution < -0.4 is 16.5 Å². The van der Waals surface area contributed by atoms with E-state index >= 15 is 0 Å². The summed E-state index contributed by atoms with van der Waals surface area (Å²) in [4.78, 5) is 48.5. The second-order valence-corrected chi connectivity index (χ2v) is 9.42. The number of benzene rings is 1. The van der Waals surface area contributed by atoms with Crippen LogP contribution in [0.4, 0.5) is 0 Å². The van der Waals surface area contributed by atoms with Gasteiger partial charge < -0.3 is 0 Å². The molecule has 1 aromatic carbocycles. The maximum atomic E-state index is 13.2. The van der Waals surface area contributed by atoms with Crippen molar-refractivity contribution in [3.8, 4) is 11.1 Å². The monoisotopic (exact) mass is 477 g/mol.